The number of phenolic OH excluding ortho intramolecular Hbond substituents is 1. The summed E-state index contributed by atoms with van der Waals surface area (Å²) < 4.78 is 6.53. The number of amides is 2. The number of phenols is 1. The van der Waals surface area contributed by atoms with Gasteiger partial charge in [0, 0.05) is 32.3 Å². The largest absolute Gasteiger partial charge is 0.508 e. The van der Waals surface area contributed by atoms with E-state index in [1.807, 2.05) is 18.2 Å². The van der Waals surface area contributed by atoms with Gasteiger partial charge >= 0.3 is 0 Å². The van der Waals surface area contributed by atoms with Gasteiger partial charge in [-0.2, -0.15) is 0 Å². The second kappa shape index (κ2) is 9.30. The number of methoxy groups -OCH3 is 1. The molecule has 1 N–H and O–H groups in total. The van der Waals surface area contributed by atoms with Crippen molar-refractivity contribution >= 4 is 67.6 Å². The van der Waals surface area contributed by atoms with Crippen LogP contribution in [0.4, 0.5) is 5.69 Å². The zero-order valence-electron chi connectivity index (χ0n) is 20.1. The molecule has 0 bridgehead atoms. The molecule has 1 heterocycles. The summed E-state index contributed by atoms with van der Waals surface area (Å²) in [5.41, 5.74) is 2.32. The van der Waals surface area contributed by atoms with Crippen LogP contribution >= 0.6 is 38.5 Å². The number of Topliss-reactive ketones (excluding diaryl/α,β-unsaturated/α-hetero) is 1. The van der Waals surface area contributed by atoms with Crippen molar-refractivity contribution in [2.75, 3.05) is 12.0 Å². The standard InChI is InChI=1S/C29H21BrINO6/c1-38-15-6-9-22(33)19(10-15)24-16-7-8-17-25(18(16)11-20-26(24)23(34)12-21(30)27(20)35)29(37)32(28(17)36)14-4-2-13(31)3-5-14/h2-7,9-10,12,17-18,24-25,33H,8,11H2,1H3. The van der Waals surface area contributed by atoms with Crippen LogP contribution in [0.15, 0.2) is 75.8 Å². The van der Waals surface area contributed by atoms with Gasteiger partial charge < -0.3 is 9.84 Å². The molecule has 4 unspecified atom stereocenters. The van der Waals surface area contributed by atoms with E-state index in [1.165, 1.54) is 24.2 Å². The zero-order chi connectivity index (χ0) is 26.9. The molecular formula is C29H21BrINO6. The minimum atomic E-state index is -0.747. The number of hydrogen-bond donors (Lipinski definition) is 1. The molecule has 2 aromatic carbocycles. The van der Waals surface area contributed by atoms with E-state index in [0.29, 0.717) is 34.6 Å². The number of nitrogens with zero attached hydrogens (tertiary/aromatic N) is 1. The molecule has 4 aliphatic rings. The quantitative estimate of drug-likeness (QED) is 0.212. The van der Waals surface area contributed by atoms with Crippen LogP contribution in [0.25, 0.3) is 0 Å². The van der Waals surface area contributed by atoms with E-state index in [4.69, 9.17) is 4.74 Å². The number of ether oxygens (including phenoxy) is 1. The van der Waals surface area contributed by atoms with Crippen molar-refractivity contribution in [1.82, 2.24) is 0 Å². The van der Waals surface area contributed by atoms with Gasteiger partial charge in [0.05, 0.1) is 29.1 Å². The van der Waals surface area contributed by atoms with E-state index in [1.54, 1.807) is 24.3 Å². The van der Waals surface area contributed by atoms with Crippen LogP contribution in [0.2, 0.25) is 0 Å². The Morgan fingerprint density at radius 3 is 2.47 bits per heavy atom. The molecule has 0 spiro atoms. The lowest BCUT2D eigenvalue weighted by Crippen LogP contribution is -2.39. The first-order chi connectivity index (χ1) is 18.2. The van der Waals surface area contributed by atoms with Gasteiger partial charge in [-0.15, -0.1) is 0 Å². The number of benzene rings is 2. The molecule has 4 atom stereocenters. The van der Waals surface area contributed by atoms with Crippen molar-refractivity contribution in [3.8, 4) is 11.5 Å². The molecule has 0 saturated carbocycles. The fraction of sp³-hybridized carbons (Fsp3) is 0.241. The molecule has 1 saturated heterocycles. The van der Waals surface area contributed by atoms with E-state index >= 15 is 0 Å². The first-order valence-electron chi connectivity index (χ1n) is 12.1. The molecule has 2 aromatic rings. The molecule has 6 rings (SSSR count). The number of hydrogen-bond acceptors (Lipinski definition) is 6. The summed E-state index contributed by atoms with van der Waals surface area (Å²) in [6.45, 7) is 0. The first kappa shape index (κ1) is 25.2. The first-order valence-corrected chi connectivity index (χ1v) is 14.0. The van der Waals surface area contributed by atoms with Crippen LogP contribution in [-0.4, -0.2) is 35.6 Å². The molecule has 1 fully saturated rings. The minimum Gasteiger partial charge on any atom is -0.508 e. The Bertz CT molecular complexity index is 1540. The predicted molar refractivity (Wildman–Crippen MR) is 151 cm³/mol. The normalized spacial score (nSPS) is 26.6. The Morgan fingerprint density at radius 2 is 1.76 bits per heavy atom. The van der Waals surface area contributed by atoms with E-state index in [2.05, 4.69) is 38.5 Å². The van der Waals surface area contributed by atoms with Crippen molar-refractivity contribution in [3.05, 3.63) is 85.0 Å². The second-order valence-corrected chi connectivity index (χ2v) is 11.9. The SMILES string of the molecule is COc1ccc(O)c(C2C3=CCC4C(=O)N(c5ccc(I)cc5)C(=O)C4C3CC3=C2C(=O)C=C(Br)C3=O)c1. The lowest BCUT2D eigenvalue weighted by Gasteiger charge is -2.42. The van der Waals surface area contributed by atoms with E-state index in [9.17, 15) is 24.3 Å². The van der Waals surface area contributed by atoms with E-state index in [0.717, 1.165) is 9.14 Å². The third-order valence-corrected chi connectivity index (χ3v) is 9.27. The zero-order valence-corrected chi connectivity index (χ0v) is 23.9. The molecule has 2 amide bonds. The molecule has 0 aromatic heterocycles. The average Bonchev–Trinajstić information content (AvgIpc) is 3.17. The maximum absolute atomic E-state index is 13.9. The number of anilines is 1. The average molecular weight is 686 g/mol. The maximum Gasteiger partial charge on any atom is 0.238 e. The molecule has 3 aliphatic carbocycles. The molecule has 1 aliphatic heterocycles. The van der Waals surface area contributed by atoms with Gasteiger partial charge in [-0.25, -0.2) is 0 Å². The number of rotatable bonds is 3. The van der Waals surface area contributed by atoms with Gasteiger partial charge in [-0.1, -0.05) is 11.6 Å². The summed E-state index contributed by atoms with van der Waals surface area (Å²) >= 11 is 5.39. The van der Waals surface area contributed by atoms with Gasteiger partial charge in [-0.05, 0) is 99.7 Å². The van der Waals surface area contributed by atoms with Gasteiger partial charge in [0.1, 0.15) is 11.5 Å². The highest BCUT2D eigenvalue weighted by molar-refractivity contribution is 14.1. The summed E-state index contributed by atoms with van der Waals surface area (Å²) in [6.07, 6.45) is 3.68. The van der Waals surface area contributed by atoms with Crippen LogP contribution in [0.1, 0.15) is 24.3 Å². The highest BCUT2D eigenvalue weighted by Crippen LogP contribution is 2.56. The summed E-state index contributed by atoms with van der Waals surface area (Å²) in [6, 6.07) is 12.0. The second-order valence-electron chi connectivity index (χ2n) is 9.81. The Morgan fingerprint density at radius 1 is 1.03 bits per heavy atom. The summed E-state index contributed by atoms with van der Waals surface area (Å²) in [5, 5.41) is 10.9. The van der Waals surface area contributed by atoms with Crippen molar-refractivity contribution in [2.45, 2.75) is 18.8 Å². The molecular weight excluding hydrogens is 665 g/mol. The predicted octanol–water partition coefficient (Wildman–Crippen LogP) is 4.97. The Balaban J connectivity index is 1.51. The smallest absolute Gasteiger partial charge is 0.238 e. The van der Waals surface area contributed by atoms with E-state index < -0.39 is 23.7 Å². The van der Waals surface area contributed by atoms with Crippen LogP contribution in [0, 0.1) is 21.3 Å². The van der Waals surface area contributed by atoms with Crippen LogP contribution in [-0.2, 0) is 19.2 Å². The van der Waals surface area contributed by atoms with Crippen LogP contribution in [0.3, 0.4) is 0 Å². The lowest BCUT2D eigenvalue weighted by atomic mass is 9.59. The van der Waals surface area contributed by atoms with Crippen molar-refractivity contribution in [3.63, 3.8) is 0 Å². The molecule has 7 nitrogen and oxygen atoms in total. The van der Waals surface area contributed by atoms with Crippen molar-refractivity contribution < 1.29 is 29.0 Å². The molecule has 192 valence electrons. The number of halogens is 2. The number of carbonyl (C=O) groups excluding carboxylic acids is 4. The maximum atomic E-state index is 13.9. The van der Waals surface area contributed by atoms with Gasteiger partial charge in [0.2, 0.25) is 11.8 Å². The Kier molecular flexibility index (Phi) is 6.18. The Labute approximate surface area is 240 Å². The highest BCUT2D eigenvalue weighted by Gasteiger charge is 2.56. The molecule has 0 radical (unpaired) electrons. The molecule has 9 heteroatoms. The van der Waals surface area contributed by atoms with Crippen molar-refractivity contribution in [2.24, 2.45) is 17.8 Å². The van der Waals surface area contributed by atoms with Gasteiger partial charge in [0.15, 0.2) is 11.6 Å². The third-order valence-electron chi connectivity index (χ3n) is 7.96. The number of carbonyl (C=O) groups is 4. The number of allylic oxidation sites excluding steroid dienone is 6. The highest BCUT2D eigenvalue weighted by atomic mass is 127. The van der Waals surface area contributed by atoms with Crippen molar-refractivity contribution in [1.29, 1.82) is 0 Å². The number of fused-ring (bicyclic) bond motifs is 3. The summed E-state index contributed by atoms with van der Waals surface area (Å²) in [5.74, 6) is -3.25. The number of ketones is 2. The monoisotopic (exact) mass is 685 g/mol. The van der Waals surface area contributed by atoms with Gasteiger partial charge in [0.25, 0.3) is 0 Å². The van der Waals surface area contributed by atoms with E-state index in [-0.39, 0.29) is 40.0 Å². The topological polar surface area (TPSA) is 101 Å². The van der Waals surface area contributed by atoms with Crippen LogP contribution < -0.4 is 9.64 Å². The van der Waals surface area contributed by atoms with Gasteiger partial charge in [-0.3, -0.25) is 24.1 Å². The number of aromatic hydroxyl groups is 1. The minimum absolute atomic E-state index is 0.0467. The fourth-order valence-corrected chi connectivity index (χ4v) is 7.10. The van der Waals surface area contributed by atoms with Crippen LogP contribution in [0.5, 0.6) is 11.5 Å². The molecule has 38 heavy (non-hydrogen) atoms. The Hall–Kier alpha value is -3.05. The summed E-state index contributed by atoms with van der Waals surface area (Å²) in [7, 11) is 1.51. The third kappa shape index (κ3) is 3.73. The fourth-order valence-electron chi connectivity index (χ4n) is 6.30. The number of imide groups is 1. The summed E-state index contributed by atoms with van der Waals surface area (Å²) in [4.78, 5) is 55.3. The lowest BCUT2D eigenvalue weighted by molar-refractivity contribution is -0.123.